The van der Waals surface area contributed by atoms with Crippen LogP contribution in [0.5, 0.6) is 0 Å². The third-order valence-electron chi connectivity index (χ3n) is 21.4. The van der Waals surface area contributed by atoms with Crippen LogP contribution >= 0.6 is 139 Å². The molecule has 3 N–H and O–H groups in total. The highest BCUT2D eigenvalue weighted by atomic mass is 35.5. The lowest BCUT2D eigenvalue weighted by molar-refractivity contribution is -0.135. The summed E-state index contributed by atoms with van der Waals surface area (Å²) in [6, 6.07) is 22.7. The number of anilines is 6. The smallest absolute Gasteiger partial charge is 0.250 e. The second-order valence-corrected chi connectivity index (χ2v) is 30.9. The molecule has 6 aromatic carbocycles. The Morgan fingerprint density at radius 1 is 0.309 bits per heavy atom. The number of hydrogen-bond acceptors (Lipinski definition) is 12. The number of rotatable bonds is 3. The Balaban J connectivity index is 0.000000118. The van der Waals surface area contributed by atoms with Gasteiger partial charge in [-0.15, -0.1) is 0 Å². The van der Waals surface area contributed by atoms with E-state index in [1.165, 1.54) is 54.6 Å². The quantitative estimate of drug-likeness (QED) is 0.141. The predicted molar refractivity (Wildman–Crippen MR) is 374 cm³/mol. The number of halogens is 12. The number of amides is 9. The summed E-state index contributed by atoms with van der Waals surface area (Å²) < 4.78 is 0. The molecule has 12 heterocycles. The van der Waals surface area contributed by atoms with E-state index in [2.05, 4.69) is 16.0 Å². The lowest BCUT2D eigenvalue weighted by Gasteiger charge is -2.36. The highest BCUT2D eigenvalue weighted by Gasteiger charge is 2.78. The standard InChI is InChI=1S/3C22H15Cl4N3O3.CH4/c3*23-9-4-10(24)6-12(5-9)29-19(30)16-15-2-1-3-28(15)22(17(16)20(29)31)13-7-11(25)8-14(26)18(13)27-21(22)32;/h3*4-8,15-17H,1-3H2,(H,27,32);1H4/t2*15-,16+,17-,22+;;/m10../s1. The van der Waals surface area contributed by atoms with Gasteiger partial charge < -0.3 is 16.0 Å². The molecule has 3 spiro atoms. The van der Waals surface area contributed by atoms with Crippen molar-refractivity contribution in [2.45, 2.75) is 80.7 Å². The van der Waals surface area contributed by atoms with Crippen LogP contribution in [0.15, 0.2) is 91.0 Å². The van der Waals surface area contributed by atoms with Gasteiger partial charge in [-0.2, -0.15) is 0 Å². The van der Waals surface area contributed by atoms with Crippen LogP contribution in [-0.4, -0.2) is 106 Å². The maximum atomic E-state index is 13.9. The second-order valence-electron chi connectivity index (χ2n) is 25.7. The van der Waals surface area contributed by atoms with Crippen molar-refractivity contribution < 1.29 is 43.2 Å². The van der Waals surface area contributed by atoms with E-state index in [0.29, 0.717) is 150 Å². The molecule has 18 nitrogen and oxygen atoms in total. The zero-order valence-electron chi connectivity index (χ0n) is 49.1. The van der Waals surface area contributed by atoms with Gasteiger partial charge in [0, 0.05) is 80.0 Å². The summed E-state index contributed by atoms with van der Waals surface area (Å²) >= 11 is 75.0. The molecule has 12 aliphatic heterocycles. The van der Waals surface area contributed by atoms with Crippen LogP contribution in [0.1, 0.15) is 62.6 Å². The van der Waals surface area contributed by atoms with Crippen LogP contribution < -0.4 is 30.7 Å². The Kier molecular flexibility index (Phi) is 16.5. The zero-order valence-corrected chi connectivity index (χ0v) is 58.2. The van der Waals surface area contributed by atoms with Gasteiger partial charge in [0.1, 0.15) is 16.6 Å². The molecule has 0 saturated carbocycles. The molecule has 97 heavy (non-hydrogen) atoms. The van der Waals surface area contributed by atoms with E-state index < -0.39 is 69.8 Å². The third-order valence-corrected chi connectivity index (χ3v) is 24.2. The average Bonchev–Trinajstić information content (AvgIpc) is 1.52. The minimum atomic E-state index is -1.35. The maximum Gasteiger partial charge on any atom is 0.250 e. The number of nitrogens with zero attached hydrogens (tertiary/aromatic N) is 6. The van der Waals surface area contributed by atoms with Crippen molar-refractivity contribution in [3.8, 4) is 0 Å². The Hall–Kier alpha value is -5.49. The summed E-state index contributed by atoms with van der Waals surface area (Å²) in [7, 11) is 0. The molecule has 4 unspecified atom stereocenters. The molecule has 9 fully saturated rings. The highest BCUT2D eigenvalue weighted by molar-refractivity contribution is 6.42. The molecule has 12 aliphatic rings. The van der Waals surface area contributed by atoms with Crippen molar-refractivity contribution in [1.82, 2.24) is 14.7 Å². The van der Waals surface area contributed by atoms with E-state index in [4.69, 9.17) is 139 Å². The summed E-state index contributed by atoms with van der Waals surface area (Å²) in [5, 5.41) is 12.4. The number of carbonyl (C=O) groups is 9. The number of hydrogen-bond donors (Lipinski definition) is 3. The first-order valence-corrected chi connectivity index (χ1v) is 35.0. The molecule has 12 atom stereocenters. The normalized spacial score (nSPS) is 30.5. The van der Waals surface area contributed by atoms with Gasteiger partial charge in [0.2, 0.25) is 35.4 Å². The van der Waals surface area contributed by atoms with Crippen molar-refractivity contribution in [3.05, 3.63) is 168 Å². The monoisotopic (exact) mass is 1540 g/mol. The van der Waals surface area contributed by atoms with Gasteiger partial charge in [-0.1, -0.05) is 147 Å². The van der Waals surface area contributed by atoms with Gasteiger partial charge in [0.05, 0.1) is 84.7 Å². The maximum absolute atomic E-state index is 13.9. The summed E-state index contributed by atoms with van der Waals surface area (Å²) in [6.45, 7) is 1.79. The van der Waals surface area contributed by atoms with Gasteiger partial charge >= 0.3 is 0 Å². The molecule has 0 aromatic heterocycles. The van der Waals surface area contributed by atoms with Gasteiger partial charge in [-0.25, -0.2) is 14.7 Å². The first-order chi connectivity index (χ1) is 45.7. The lowest BCUT2D eigenvalue weighted by atomic mass is 9.75. The first kappa shape index (κ1) is 67.3. The Morgan fingerprint density at radius 2 is 0.536 bits per heavy atom. The topological polar surface area (TPSA) is 209 Å². The van der Waals surface area contributed by atoms with E-state index in [0.717, 1.165) is 34.0 Å². The van der Waals surface area contributed by atoms with Crippen molar-refractivity contribution in [2.75, 3.05) is 50.3 Å². The van der Waals surface area contributed by atoms with Crippen molar-refractivity contribution in [3.63, 3.8) is 0 Å². The van der Waals surface area contributed by atoms with E-state index in [1.807, 2.05) is 14.7 Å². The molecule has 30 heteroatoms. The molecule has 9 amide bonds. The highest BCUT2D eigenvalue weighted by Crippen LogP contribution is 2.66. The van der Waals surface area contributed by atoms with Crippen LogP contribution in [-0.2, 0) is 59.8 Å². The average molecular weight is 1550 g/mol. The number of imide groups is 3. The molecule has 0 radical (unpaired) electrons. The van der Waals surface area contributed by atoms with Crippen LogP contribution in [0.2, 0.25) is 60.3 Å². The number of benzene rings is 6. The second kappa shape index (κ2) is 23.8. The van der Waals surface area contributed by atoms with Gasteiger partial charge in [0.25, 0.3) is 17.7 Å². The predicted octanol–water partition coefficient (Wildman–Crippen LogP) is 14.8. The molecule has 18 rings (SSSR count). The summed E-state index contributed by atoms with van der Waals surface area (Å²) in [5.74, 6) is -8.20. The molecule has 6 aromatic rings. The minimum absolute atomic E-state index is 0. The number of nitrogens with one attached hydrogen (secondary N) is 3. The number of fused-ring (bicyclic) bond motifs is 21. The Morgan fingerprint density at radius 3 is 0.773 bits per heavy atom. The summed E-state index contributed by atoms with van der Waals surface area (Å²) in [5.41, 5.74) is -0.174. The molecule has 500 valence electrons. The van der Waals surface area contributed by atoms with E-state index in [-0.39, 0.29) is 61.0 Å². The SMILES string of the molecule is C.O=C1C2C3CCCN3C3(C(=O)Nc4c(Cl)cc(Cl)cc43)C2C(=O)N1c1cc(Cl)cc(Cl)c1.O=C1[C@H]2[C@@H](C(=O)N1c1cc(Cl)cc(Cl)c1)[C@]1(C(=O)Nc3c(Cl)cc(Cl)cc31)N1CCC[C@@H]21.O=C1[C@H]2[C@H]3CCCN3[C@]3(C(=O)Nc4c(Cl)cc(Cl)cc43)[C@H]2C(=O)N1c1cc(Cl)cc(Cl)c1. The lowest BCUT2D eigenvalue weighted by Crippen LogP contribution is -2.54. The third kappa shape index (κ3) is 9.27. The van der Waals surface area contributed by atoms with Crippen LogP contribution in [0, 0.1) is 35.5 Å². The Labute approximate surface area is 613 Å². The van der Waals surface area contributed by atoms with Crippen LogP contribution in [0.3, 0.4) is 0 Å². The van der Waals surface area contributed by atoms with E-state index >= 15 is 0 Å². The zero-order chi connectivity index (χ0) is 67.6. The Bertz CT molecular complexity index is 4150. The number of carbonyl (C=O) groups excluding carboxylic acids is 9. The molecular formula is C67H49Cl12N9O9. The minimum Gasteiger partial charge on any atom is -0.323 e. The van der Waals surface area contributed by atoms with E-state index in [9.17, 15) is 43.2 Å². The van der Waals surface area contributed by atoms with Crippen molar-refractivity contribution in [2.24, 2.45) is 35.5 Å². The van der Waals surface area contributed by atoms with Crippen LogP contribution in [0.4, 0.5) is 34.1 Å². The molecule has 0 aliphatic carbocycles. The fourth-order valence-corrected chi connectivity index (χ4v) is 21.6. The molecular weight excluding hydrogens is 1500 g/mol. The summed E-state index contributed by atoms with van der Waals surface area (Å²) in [4.78, 5) is 133. The molecule has 0 bridgehead atoms. The van der Waals surface area contributed by atoms with Gasteiger partial charge in [-0.05, 0) is 149 Å². The largest absolute Gasteiger partial charge is 0.323 e. The fraction of sp³-hybridized carbons (Fsp3) is 0.328. The van der Waals surface area contributed by atoms with Crippen LogP contribution in [0.25, 0.3) is 0 Å². The van der Waals surface area contributed by atoms with E-state index in [1.54, 1.807) is 36.4 Å². The van der Waals surface area contributed by atoms with Gasteiger partial charge in [0.15, 0.2) is 0 Å². The fourth-order valence-electron chi connectivity index (χ4n) is 18.4. The first-order valence-electron chi connectivity index (χ1n) is 30.5. The van der Waals surface area contributed by atoms with Crippen molar-refractivity contribution in [1.29, 1.82) is 0 Å². The molecule has 9 saturated heterocycles. The summed E-state index contributed by atoms with van der Waals surface area (Å²) in [6.07, 6.45) is 4.58. The van der Waals surface area contributed by atoms with Crippen molar-refractivity contribution >= 4 is 227 Å². The van der Waals surface area contributed by atoms with Gasteiger partial charge in [-0.3, -0.25) is 57.9 Å².